The third-order valence-corrected chi connectivity index (χ3v) is 5.61. The second-order valence-electron chi connectivity index (χ2n) is 9.71. The molecule has 200 valence electrons. The predicted molar refractivity (Wildman–Crippen MR) is 137 cm³/mol. The highest BCUT2D eigenvalue weighted by atomic mass is 16.5. The van der Waals surface area contributed by atoms with Crippen LogP contribution in [0.1, 0.15) is 52.7 Å². The number of aromatic nitrogens is 4. The Kier molecular flexibility index (Phi) is 9.26. The number of furan rings is 1. The summed E-state index contributed by atoms with van der Waals surface area (Å²) in [7, 11) is 3.10. The van der Waals surface area contributed by atoms with E-state index < -0.39 is 11.6 Å². The number of hydrogen-bond donors (Lipinski definition) is 1. The van der Waals surface area contributed by atoms with Crippen LogP contribution < -0.4 is 14.8 Å². The molecule has 0 aliphatic rings. The van der Waals surface area contributed by atoms with Gasteiger partial charge in [0.25, 0.3) is 0 Å². The van der Waals surface area contributed by atoms with Gasteiger partial charge in [0.05, 0.1) is 27.0 Å². The summed E-state index contributed by atoms with van der Waals surface area (Å²) in [5.41, 5.74) is 0.220. The van der Waals surface area contributed by atoms with Crippen LogP contribution in [-0.2, 0) is 22.7 Å². The Bertz CT molecular complexity index is 1170. The Labute approximate surface area is 217 Å². The van der Waals surface area contributed by atoms with E-state index in [9.17, 15) is 9.59 Å². The number of tetrazole rings is 1. The number of nitrogens with one attached hydrogen (secondary N) is 1. The van der Waals surface area contributed by atoms with E-state index in [2.05, 4.69) is 20.7 Å². The molecule has 37 heavy (non-hydrogen) atoms. The molecule has 0 saturated heterocycles. The van der Waals surface area contributed by atoms with Gasteiger partial charge in [0.15, 0.2) is 11.5 Å². The summed E-state index contributed by atoms with van der Waals surface area (Å²) < 4.78 is 16.1. The van der Waals surface area contributed by atoms with E-state index in [4.69, 9.17) is 13.9 Å². The molecule has 0 fully saturated rings. The molecule has 11 nitrogen and oxygen atoms in total. The van der Waals surface area contributed by atoms with Crippen LogP contribution in [0.25, 0.3) is 11.4 Å². The average Bonchev–Trinajstić information content (AvgIpc) is 3.54. The largest absolute Gasteiger partial charge is 0.493 e. The normalized spacial score (nSPS) is 12.2. The van der Waals surface area contributed by atoms with Gasteiger partial charge >= 0.3 is 0 Å². The van der Waals surface area contributed by atoms with Gasteiger partial charge < -0.3 is 24.1 Å². The van der Waals surface area contributed by atoms with Crippen LogP contribution in [0, 0.1) is 0 Å². The summed E-state index contributed by atoms with van der Waals surface area (Å²) >= 11 is 0. The predicted octanol–water partition coefficient (Wildman–Crippen LogP) is 3.45. The number of unbranched alkanes of at least 4 members (excludes halogenated alkanes) is 1. The number of amides is 2. The van der Waals surface area contributed by atoms with E-state index in [0.29, 0.717) is 35.1 Å². The molecule has 0 bridgehead atoms. The molecule has 0 aliphatic heterocycles. The van der Waals surface area contributed by atoms with Crippen LogP contribution in [0.2, 0.25) is 0 Å². The van der Waals surface area contributed by atoms with E-state index in [0.717, 1.165) is 12.8 Å². The van der Waals surface area contributed by atoms with Crippen LogP contribution in [0.15, 0.2) is 41.0 Å². The number of hydrogen-bond acceptors (Lipinski definition) is 8. The summed E-state index contributed by atoms with van der Waals surface area (Å²) in [4.78, 5) is 29.6. The van der Waals surface area contributed by atoms with Crippen molar-refractivity contribution in [2.24, 2.45) is 0 Å². The van der Waals surface area contributed by atoms with Crippen molar-refractivity contribution in [1.82, 2.24) is 30.4 Å². The van der Waals surface area contributed by atoms with Crippen molar-refractivity contribution in [3.8, 4) is 22.9 Å². The molecule has 2 aromatic heterocycles. The molecule has 3 aromatic rings. The summed E-state index contributed by atoms with van der Waals surface area (Å²) in [6, 6.07) is 8.13. The van der Waals surface area contributed by atoms with Gasteiger partial charge in [-0.1, -0.05) is 19.8 Å². The molecule has 0 aliphatic carbocycles. The third kappa shape index (κ3) is 7.55. The highest BCUT2D eigenvalue weighted by Gasteiger charge is 2.32. The van der Waals surface area contributed by atoms with Gasteiger partial charge in [-0.25, -0.2) is 0 Å². The lowest BCUT2D eigenvalue weighted by molar-refractivity contribution is -0.143. The molecular weight excluding hydrogens is 476 g/mol. The zero-order valence-corrected chi connectivity index (χ0v) is 22.4. The minimum atomic E-state index is -0.675. The van der Waals surface area contributed by atoms with Gasteiger partial charge in [0.2, 0.25) is 17.6 Å². The summed E-state index contributed by atoms with van der Waals surface area (Å²) in [6.45, 7) is 7.74. The first-order valence-corrected chi connectivity index (χ1v) is 12.3. The maximum atomic E-state index is 13.6. The quantitative estimate of drug-likeness (QED) is 0.391. The Morgan fingerprint density at radius 2 is 1.92 bits per heavy atom. The van der Waals surface area contributed by atoms with Crippen molar-refractivity contribution in [2.45, 2.75) is 71.6 Å². The summed E-state index contributed by atoms with van der Waals surface area (Å²) in [6.07, 6.45) is 3.74. The van der Waals surface area contributed by atoms with Crippen LogP contribution in [-0.4, -0.2) is 62.7 Å². The van der Waals surface area contributed by atoms with Crippen molar-refractivity contribution < 1.29 is 23.5 Å². The van der Waals surface area contributed by atoms with Crippen LogP contribution >= 0.6 is 0 Å². The van der Waals surface area contributed by atoms with Gasteiger partial charge in [-0.15, -0.1) is 10.2 Å². The van der Waals surface area contributed by atoms with Gasteiger partial charge in [-0.3, -0.25) is 9.59 Å². The molecule has 0 unspecified atom stereocenters. The molecule has 3 rings (SSSR count). The van der Waals surface area contributed by atoms with Crippen LogP contribution in [0.4, 0.5) is 0 Å². The highest BCUT2D eigenvalue weighted by molar-refractivity contribution is 5.88. The van der Waals surface area contributed by atoms with Crippen molar-refractivity contribution in [2.75, 3.05) is 14.2 Å². The maximum Gasteiger partial charge on any atom is 0.247 e. The minimum absolute atomic E-state index is 0.148. The zero-order chi connectivity index (χ0) is 27.0. The van der Waals surface area contributed by atoms with E-state index in [1.54, 1.807) is 50.8 Å². The van der Waals surface area contributed by atoms with E-state index >= 15 is 0 Å². The molecule has 1 N–H and O–H groups in total. The van der Waals surface area contributed by atoms with E-state index in [1.807, 2.05) is 27.7 Å². The lowest BCUT2D eigenvalue weighted by Crippen LogP contribution is -2.54. The molecule has 0 radical (unpaired) electrons. The SMILES string of the molecule is CCCC[C@H](C(=O)NC(C)(C)C)N(Cc1ccco1)C(=O)Cn1nnc(-c2ccc(OC)c(OC)c2)n1. The average molecular weight is 513 g/mol. The molecule has 2 heterocycles. The molecule has 1 aromatic carbocycles. The fourth-order valence-electron chi connectivity index (χ4n) is 3.83. The Hall–Kier alpha value is -3.89. The van der Waals surface area contributed by atoms with E-state index in [-0.39, 0.29) is 24.9 Å². The first-order chi connectivity index (χ1) is 17.6. The maximum absolute atomic E-state index is 13.6. The third-order valence-electron chi connectivity index (χ3n) is 5.61. The smallest absolute Gasteiger partial charge is 0.247 e. The lowest BCUT2D eigenvalue weighted by atomic mass is 10.0. The van der Waals surface area contributed by atoms with Gasteiger partial charge in [-0.05, 0) is 62.7 Å². The molecule has 11 heteroatoms. The molecule has 0 saturated carbocycles. The second kappa shape index (κ2) is 12.4. The summed E-state index contributed by atoms with van der Waals surface area (Å²) in [5.74, 6) is 1.49. The molecular formula is C26H36N6O5. The monoisotopic (exact) mass is 512 g/mol. The number of methoxy groups -OCH3 is 2. The van der Waals surface area contributed by atoms with Crippen molar-refractivity contribution >= 4 is 11.8 Å². The number of rotatable bonds is 12. The van der Waals surface area contributed by atoms with Gasteiger partial charge in [0.1, 0.15) is 18.3 Å². The highest BCUT2D eigenvalue weighted by Crippen LogP contribution is 2.30. The minimum Gasteiger partial charge on any atom is -0.493 e. The Balaban J connectivity index is 1.85. The Morgan fingerprint density at radius 3 is 2.54 bits per heavy atom. The lowest BCUT2D eigenvalue weighted by Gasteiger charge is -2.33. The number of carbonyl (C=O) groups excluding carboxylic acids is 2. The molecule has 2 amide bonds. The number of ether oxygens (including phenoxy) is 2. The fraction of sp³-hybridized carbons (Fsp3) is 0.500. The molecule has 0 spiro atoms. The van der Waals surface area contributed by atoms with Crippen molar-refractivity contribution in [1.29, 1.82) is 0 Å². The second-order valence-corrected chi connectivity index (χ2v) is 9.71. The number of carbonyl (C=O) groups is 2. The van der Waals surface area contributed by atoms with E-state index in [1.165, 1.54) is 9.70 Å². The zero-order valence-electron chi connectivity index (χ0n) is 22.4. The number of nitrogens with zero attached hydrogens (tertiary/aromatic N) is 5. The Morgan fingerprint density at radius 1 is 1.16 bits per heavy atom. The van der Waals surface area contributed by atoms with Crippen LogP contribution in [0.5, 0.6) is 11.5 Å². The first-order valence-electron chi connectivity index (χ1n) is 12.3. The first kappa shape index (κ1) is 27.7. The summed E-state index contributed by atoms with van der Waals surface area (Å²) in [5, 5.41) is 15.6. The number of benzene rings is 1. The van der Waals surface area contributed by atoms with Gasteiger partial charge in [-0.2, -0.15) is 4.80 Å². The van der Waals surface area contributed by atoms with Crippen molar-refractivity contribution in [3.05, 3.63) is 42.4 Å². The fourth-order valence-corrected chi connectivity index (χ4v) is 3.83. The van der Waals surface area contributed by atoms with Crippen molar-refractivity contribution in [3.63, 3.8) is 0 Å². The topological polar surface area (TPSA) is 125 Å². The standard InChI is InChI=1S/C26H36N6O5/c1-7-8-11-20(25(34)27-26(2,3)4)31(16-19-10-9-14-37-19)23(33)17-32-29-24(28-30-32)18-12-13-21(35-5)22(15-18)36-6/h9-10,12-15,20H,7-8,11,16-17H2,1-6H3,(H,27,34)/t20-/m1/s1. The van der Waals surface area contributed by atoms with Gasteiger partial charge in [0, 0.05) is 11.1 Å². The van der Waals surface area contributed by atoms with Crippen LogP contribution in [0.3, 0.4) is 0 Å². The molecule has 1 atom stereocenters.